The van der Waals surface area contributed by atoms with Crippen molar-refractivity contribution in [3.63, 3.8) is 0 Å². The number of benzene rings is 1. The maximum absolute atomic E-state index is 13.7. The monoisotopic (exact) mass is 455 g/mol. The van der Waals surface area contributed by atoms with Gasteiger partial charge >= 0.3 is 11.9 Å². The van der Waals surface area contributed by atoms with E-state index in [0.717, 1.165) is 23.2 Å². The third-order valence-electron chi connectivity index (χ3n) is 6.27. The third kappa shape index (κ3) is 5.03. The Morgan fingerprint density at radius 1 is 1.12 bits per heavy atom. The van der Waals surface area contributed by atoms with E-state index in [-0.39, 0.29) is 18.3 Å². The van der Waals surface area contributed by atoms with Gasteiger partial charge in [0.2, 0.25) is 0 Å². The zero-order chi connectivity index (χ0) is 24.1. The van der Waals surface area contributed by atoms with Crippen LogP contribution in [0.4, 0.5) is 0 Å². The van der Waals surface area contributed by atoms with Crippen LogP contribution in [0.1, 0.15) is 50.7 Å². The molecule has 3 rings (SSSR count). The number of aryl methyl sites for hydroxylation is 1. The Morgan fingerprint density at radius 3 is 2.52 bits per heavy atom. The lowest BCUT2D eigenvalue weighted by Crippen LogP contribution is -2.43. The number of carbonyl (C=O) groups excluding carboxylic acids is 3. The van der Waals surface area contributed by atoms with E-state index in [9.17, 15) is 14.4 Å². The van der Waals surface area contributed by atoms with E-state index in [1.54, 1.807) is 0 Å². The first kappa shape index (κ1) is 24.7. The lowest BCUT2D eigenvalue weighted by atomic mass is 9.68. The Bertz CT molecular complexity index is 992. The molecule has 0 saturated carbocycles. The zero-order valence-electron chi connectivity index (χ0n) is 20.0. The highest BCUT2D eigenvalue weighted by Gasteiger charge is 2.47. The first-order chi connectivity index (χ1) is 15.8. The van der Waals surface area contributed by atoms with Gasteiger partial charge in [-0.25, -0.2) is 4.79 Å². The van der Waals surface area contributed by atoms with Gasteiger partial charge in [0, 0.05) is 29.5 Å². The number of carbonyl (C=O) groups is 3. The van der Waals surface area contributed by atoms with Gasteiger partial charge in [0.15, 0.2) is 5.78 Å². The smallest absolute Gasteiger partial charge is 0.336 e. The number of rotatable bonds is 8. The normalized spacial score (nSPS) is 22.6. The van der Waals surface area contributed by atoms with Gasteiger partial charge in [0.1, 0.15) is 12.5 Å². The SMILES string of the molecule is CCCOCCOC(=O)C1=C(C)NC2=C(C(=O)[C@H](C(=O)OC)[C@@H](C)C2)[C@@H]1c1ccccc1C. The topological polar surface area (TPSA) is 90.9 Å². The van der Waals surface area contributed by atoms with Gasteiger partial charge < -0.3 is 19.5 Å². The standard InChI is InChI=1S/C26H33NO6/c1-6-11-32-12-13-33-26(30)21-17(4)27-19-14-16(3)20(25(29)31-5)24(28)23(19)22(21)18-10-8-7-9-15(18)2/h7-10,16,20,22,27H,6,11-14H2,1-5H3/t16-,20+,22+/m0/s1. The number of Topliss-reactive ketones (excluding diaryl/α,β-unsaturated/α-hetero) is 1. The van der Waals surface area contributed by atoms with Gasteiger partial charge in [0.05, 0.1) is 19.3 Å². The van der Waals surface area contributed by atoms with Gasteiger partial charge in [-0.2, -0.15) is 0 Å². The van der Waals surface area contributed by atoms with Crippen LogP contribution >= 0.6 is 0 Å². The van der Waals surface area contributed by atoms with E-state index >= 15 is 0 Å². The highest BCUT2D eigenvalue weighted by atomic mass is 16.6. The molecule has 1 aromatic rings. The summed E-state index contributed by atoms with van der Waals surface area (Å²) in [6.45, 7) is 8.68. The van der Waals surface area contributed by atoms with Gasteiger partial charge in [-0.15, -0.1) is 0 Å². The zero-order valence-corrected chi connectivity index (χ0v) is 20.0. The van der Waals surface area contributed by atoms with Crippen molar-refractivity contribution in [1.82, 2.24) is 5.32 Å². The highest BCUT2D eigenvalue weighted by molar-refractivity contribution is 6.12. The quantitative estimate of drug-likeness (QED) is 0.364. The molecule has 0 bridgehead atoms. The fourth-order valence-corrected chi connectivity index (χ4v) is 4.69. The van der Waals surface area contributed by atoms with E-state index in [1.165, 1.54) is 7.11 Å². The number of methoxy groups -OCH3 is 1. The van der Waals surface area contributed by atoms with Crippen LogP contribution in [0, 0.1) is 18.8 Å². The van der Waals surface area contributed by atoms with Crippen molar-refractivity contribution >= 4 is 17.7 Å². The molecule has 1 aliphatic carbocycles. The molecule has 7 heteroatoms. The first-order valence-corrected chi connectivity index (χ1v) is 11.4. The second-order valence-electron chi connectivity index (χ2n) is 8.64. The van der Waals surface area contributed by atoms with Crippen LogP contribution in [0.3, 0.4) is 0 Å². The van der Waals surface area contributed by atoms with Crippen LogP contribution in [0.15, 0.2) is 46.8 Å². The molecule has 7 nitrogen and oxygen atoms in total. The van der Waals surface area contributed by atoms with Gasteiger partial charge in [-0.3, -0.25) is 9.59 Å². The number of ketones is 1. The summed E-state index contributed by atoms with van der Waals surface area (Å²) in [5.41, 5.74) is 4.01. The molecule has 1 N–H and O–H groups in total. The Morgan fingerprint density at radius 2 is 1.85 bits per heavy atom. The molecular formula is C26H33NO6. The van der Waals surface area contributed by atoms with Gasteiger partial charge in [0.25, 0.3) is 0 Å². The molecular weight excluding hydrogens is 422 g/mol. The summed E-state index contributed by atoms with van der Waals surface area (Å²) >= 11 is 0. The molecule has 2 aliphatic rings. The molecule has 1 heterocycles. The van der Waals surface area contributed by atoms with E-state index in [0.29, 0.717) is 36.5 Å². The summed E-state index contributed by atoms with van der Waals surface area (Å²) in [7, 11) is 1.29. The average molecular weight is 456 g/mol. The predicted molar refractivity (Wildman–Crippen MR) is 123 cm³/mol. The molecule has 1 aromatic carbocycles. The van der Waals surface area contributed by atoms with Crippen molar-refractivity contribution in [3.05, 3.63) is 57.9 Å². The minimum absolute atomic E-state index is 0.123. The van der Waals surface area contributed by atoms with Crippen LogP contribution < -0.4 is 5.32 Å². The van der Waals surface area contributed by atoms with Crippen molar-refractivity contribution in [2.45, 2.75) is 46.5 Å². The molecule has 1 aliphatic heterocycles. The Labute approximate surface area is 195 Å². The minimum atomic E-state index is -0.903. The lowest BCUT2D eigenvalue weighted by Gasteiger charge is -2.38. The summed E-state index contributed by atoms with van der Waals surface area (Å²) in [6.07, 6.45) is 1.39. The number of hydrogen-bond donors (Lipinski definition) is 1. The summed E-state index contributed by atoms with van der Waals surface area (Å²) < 4.78 is 15.9. The largest absolute Gasteiger partial charge is 0.468 e. The fourth-order valence-electron chi connectivity index (χ4n) is 4.69. The lowest BCUT2D eigenvalue weighted by molar-refractivity contribution is -0.151. The summed E-state index contributed by atoms with van der Waals surface area (Å²) in [6, 6.07) is 7.66. The number of esters is 2. The Hall–Kier alpha value is -2.93. The maximum atomic E-state index is 13.7. The van der Waals surface area contributed by atoms with Crippen molar-refractivity contribution in [2.75, 3.05) is 26.9 Å². The molecule has 0 unspecified atom stereocenters. The summed E-state index contributed by atoms with van der Waals surface area (Å²) in [5, 5.41) is 3.27. The molecule has 0 radical (unpaired) electrons. The molecule has 0 spiro atoms. The van der Waals surface area contributed by atoms with Gasteiger partial charge in [-0.1, -0.05) is 38.1 Å². The molecule has 33 heavy (non-hydrogen) atoms. The molecule has 0 aromatic heterocycles. The summed E-state index contributed by atoms with van der Waals surface area (Å²) in [4.78, 5) is 39.4. The Balaban J connectivity index is 2.03. The number of dihydropyridines is 1. The van der Waals surface area contributed by atoms with Crippen molar-refractivity contribution in [3.8, 4) is 0 Å². The second kappa shape index (κ2) is 10.8. The average Bonchev–Trinajstić information content (AvgIpc) is 2.78. The number of hydrogen-bond acceptors (Lipinski definition) is 7. The molecule has 178 valence electrons. The van der Waals surface area contributed by atoms with Crippen LogP contribution in [0.25, 0.3) is 0 Å². The van der Waals surface area contributed by atoms with Crippen molar-refractivity contribution in [1.29, 1.82) is 0 Å². The van der Waals surface area contributed by atoms with E-state index in [2.05, 4.69) is 5.32 Å². The van der Waals surface area contributed by atoms with Gasteiger partial charge in [-0.05, 0) is 43.7 Å². The Kier molecular flexibility index (Phi) is 8.08. The number of ether oxygens (including phenoxy) is 3. The predicted octanol–water partition coefficient (Wildman–Crippen LogP) is 3.58. The van der Waals surface area contributed by atoms with Crippen LogP contribution in [0.2, 0.25) is 0 Å². The molecule has 0 saturated heterocycles. The highest BCUT2D eigenvalue weighted by Crippen LogP contribution is 2.46. The third-order valence-corrected chi connectivity index (χ3v) is 6.27. The number of allylic oxidation sites excluding steroid dienone is 3. The van der Waals surface area contributed by atoms with Crippen LogP contribution in [-0.4, -0.2) is 44.7 Å². The summed E-state index contributed by atoms with van der Waals surface area (Å²) in [5.74, 6) is -3.10. The van der Waals surface area contributed by atoms with Crippen LogP contribution in [-0.2, 0) is 28.6 Å². The van der Waals surface area contributed by atoms with Crippen molar-refractivity contribution < 1.29 is 28.6 Å². The van der Waals surface area contributed by atoms with E-state index in [1.807, 2.05) is 52.0 Å². The molecule has 0 fully saturated rings. The van der Waals surface area contributed by atoms with Crippen molar-refractivity contribution in [2.24, 2.45) is 11.8 Å². The molecule has 0 amide bonds. The first-order valence-electron chi connectivity index (χ1n) is 11.4. The fraction of sp³-hybridized carbons (Fsp3) is 0.500. The second-order valence-corrected chi connectivity index (χ2v) is 8.64. The van der Waals surface area contributed by atoms with Crippen LogP contribution in [0.5, 0.6) is 0 Å². The van der Waals surface area contributed by atoms with E-state index < -0.39 is 23.8 Å². The minimum Gasteiger partial charge on any atom is -0.468 e. The van der Waals surface area contributed by atoms with E-state index in [4.69, 9.17) is 14.2 Å². The maximum Gasteiger partial charge on any atom is 0.336 e. The molecule has 3 atom stereocenters. The number of nitrogens with one attached hydrogen (secondary N) is 1.